The zero-order chi connectivity index (χ0) is 29.6. The number of ether oxygens (including phenoxy) is 1. The highest BCUT2D eigenvalue weighted by Crippen LogP contribution is 2.47. The number of rotatable bonds is 9. The number of carbonyl (C=O) groups excluding carboxylic acids is 1. The maximum Gasteiger partial charge on any atom is 0.336 e. The van der Waals surface area contributed by atoms with Crippen LogP contribution in [0, 0.1) is 11.2 Å². The molecular formula is C29H31ClFN5O4S2. The fraction of sp³-hybridized carbons (Fsp3) is 0.448. The van der Waals surface area contributed by atoms with Crippen molar-refractivity contribution in [3.63, 3.8) is 0 Å². The topological polar surface area (TPSA) is 98.2 Å². The molecule has 3 aliphatic heterocycles. The summed E-state index contributed by atoms with van der Waals surface area (Å²) in [6.07, 6.45) is 4.93. The smallest absolute Gasteiger partial charge is 0.336 e. The monoisotopic (exact) mass is 631 g/mol. The first-order valence-electron chi connectivity index (χ1n) is 13.9. The molecule has 1 aromatic carbocycles. The average Bonchev–Trinajstić information content (AvgIpc) is 3.41. The number of thiazole rings is 1. The largest absolute Gasteiger partial charge is 0.481 e. The van der Waals surface area contributed by atoms with Gasteiger partial charge in [-0.25, -0.2) is 14.2 Å². The minimum absolute atomic E-state index is 0.0387. The van der Waals surface area contributed by atoms with Crippen LogP contribution in [0.2, 0.25) is 5.02 Å². The molecule has 0 bridgehead atoms. The predicted molar refractivity (Wildman–Crippen MR) is 161 cm³/mol. The van der Waals surface area contributed by atoms with Crippen LogP contribution in [0.15, 0.2) is 47.1 Å². The van der Waals surface area contributed by atoms with Crippen LogP contribution in [0.5, 0.6) is 0 Å². The third kappa shape index (κ3) is 5.41. The molecule has 2 atom stereocenters. The maximum atomic E-state index is 14.6. The van der Waals surface area contributed by atoms with E-state index in [2.05, 4.69) is 20.1 Å². The summed E-state index contributed by atoms with van der Waals surface area (Å²) in [6, 6.07) is 4.71. The molecule has 6 rings (SSSR count). The average molecular weight is 632 g/mol. The molecule has 0 amide bonds. The second-order valence-electron chi connectivity index (χ2n) is 11.1. The summed E-state index contributed by atoms with van der Waals surface area (Å²) in [5.74, 6) is -2.45. The Morgan fingerprint density at radius 1 is 1.31 bits per heavy atom. The summed E-state index contributed by atoms with van der Waals surface area (Å²) >= 11 is 13.7. The Morgan fingerprint density at radius 3 is 2.81 bits per heavy atom. The minimum atomic E-state index is -0.754. The molecule has 2 N–H and O–H groups in total. The van der Waals surface area contributed by atoms with Crippen molar-refractivity contribution in [3.05, 3.63) is 68.5 Å². The molecule has 2 unspecified atom stereocenters. The number of aliphatic carboxylic acids is 1. The number of hydrogen-bond acceptors (Lipinski definition) is 8. The SMILES string of the molecule is CCOC(=O)C1=C(CN2CCN3C(=S)N(CC4(C(=O)O)CC4)CC3C2)NC(c2nccs2)=CC1c1cccc(F)c1Cl. The maximum absolute atomic E-state index is 14.6. The first-order chi connectivity index (χ1) is 20.2. The van der Waals surface area contributed by atoms with Crippen LogP contribution < -0.4 is 5.32 Å². The molecule has 13 heteroatoms. The standard InChI is InChI=1S/C29H31ClFN5O4S2/c1-2-40-26(37)23-19(18-4-3-5-20(31)24(18)30)12-21(25-32-8-11-42-25)33-22(23)15-34-9-10-36-17(13-34)14-35(28(36)41)16-29(6-7-29)27(38)39/h3-5,8,11-12,17,19,33H,2,6-7,9-10,13-16H2,1H3,(H,38,39). The predicted octanol–water partition coefficient (Wildman–Crippen LogP) is 3.93. The van der Waals surface area contributed by atoms with Gasteiger partial charge in [0.25, 0.3) is 0 Å². The van der Waals surface area contributed by atoms with Gasteiger partial charge in [0, 0.05) is 62.5 Å². The minimum Gasteiger partial charge on any atom is -0.481 e. The Balaban J connectivity index is 1.29. The van der Waals surface area contributed by atoms with E-state index in [0.717, 1.165) is 5.01 Å². The molecule has 4 heterocycles. The number of carboxylic acids is 1. The van der Waals surface area contributed by atoms with Crippen molar-refractivity contribution in [2.75, 3.05) is 45.9 Å². The molecule has 1 aliphatic carbocycles. The van der Waals surface area contributed by atoms with Crippen molar-refractivity contribution < 1.29 is 23.8 Å². The van der Waals surface area contributed by atoms with Crippen LogP contribution in [0.25, 0.3) is 5.70 Å². The van der Waals surface area contributed by atoms with Gasteiger partial charge in [-0.2, -0.15) is 0 Å². The quantitative estimate of drug-likeness (QED) is 0.313. The van der Waals surface area contributed by atoms with Gasteiger partial charge in [0.05, 0.1) is 34.4 Å². The van der Waals surface area contributed by atoms with Crippen molar-refractivity contribution in [3.8, 4) is 0 Å². The number of allylic oxidation sites excluding steroid dienone is 1. The van der Waals surface area contributed by atoms with Crippen LogP contribution in [-0.2, 0) is 14.3 Å². The van der Waals surface area contributed by atoms with Crippen LogP contribution in [0.1, 0.15) is 36.3 Å². The van der Waals surface area contributed by atoms with E-state index in [-0.39, 0.29) is 17.7 Å². The van der Waals surface area contributed by atoms with Crippen molar-refractivity contribution in [1.82, 2.24) is 25.0 Å². The third-order valence-electron chi connectivity index (χ3n) is 8.43. The Kier molecular flexibility index (Phi) is 7.99. The Hall–Kier alpha value is -3.06. The van der Waals surface area contributed by atoms with Gasteiger partial charge in [-0.1, -0.05) is 23.7 Å². The highest BCUT2D eigenvalue weighted by Gasteiger charge is 2.53. The fourth-order valence-corrected chi connectivity index (χ4v) is 7.32. The Bertz CT molecular complexity index is 1480. The lowest BCUT2D eigenvalue weighted by atomic mass is 9.86. The Labute approximate surface area is 257 Å². The molecule has 1 saturated carbocycles. The van der Waals surface area contributed by atoms with Crippen molar-refractivity contribution in [2.24, 2.45) is 5.41 Å². The number of hydrogen-bond donors (Lipinski definition) is 2. The molecule has 42 heavy (non-hydrogen) atoms. The van der Waals surface area contributed by atoms with E-state index < -0.39 is 29.1 Å². The number of dihydropyridines is 1. The molecule has 0 spiro atoms. The van der Waals surface area contributed by atoms with Gasteiger partial charge < -0.3 is 25.0 Å². The van der Waals surface area contributed by atoms with E-state index in [9.17, 15) is 19.1 Å². The lowest BCUT2D eigenvalue weighted by molar-refractivity contribution is -0.143. The molecule has 3 fully saturated rings. The van der Waals surface area contributed by atoms with E-state index in [1.807, 2.05) is 16.4 Å². The zero-order valence-electron chi connectivity index (χ0n) is 23.0. The second-order valence-corrected chi connectivity index (χ2v) is 12.7. The molecule has 9 nitrogen and oxygen atoms in total. The number of nitrogens with zero attached hydrogens (tertiary/aromatic N) is 4. The molecule has 2 saturated heterocycles. The van der Waals surface area contributed by atoms with E-state index in [1.165, 1.54) is 17.4 Å². The van der Waals surface area contributed by atoms with Gasteiger partial charge in [0.15, 0.2) is 5.11 Å². The Morgan fingerprint density at radius 2 is 2.12 bits per heavy atom. The fourth-order valence-electron chi connectivity index (χ4n) is 6.08. The van der Waals surface area contributed by atoms with Crippen molar-refractivity contribution in [1.29, 1.82) is 0 Å². The van der Waals surface area contributed by atoms with Crippen molar-refractivity contribution in [2.45, 2.75) is 31.7 Å². The first kappa shape index (κ1) is 29.0. The van der Waals surface area contributed by atoms with E-state index in [4.69, 9.17) is 28.6 Å². The molecule has 1 aromatic heterocycles. The van der Waals surface area contributed by atoms with Crippen LogP contribution >= 0.6 is 35.2 Å². The van der Waals surface area contributed by atoms with Gasteiger partial charge in [-0.3, -0.25) is 9.69 Å². The second kappa shape index (κ2) is 11.6. The van der Waals surface area contributed by atoms with E-state index >= 15 is 0 Å². The van der Waals surface area contributed by atoms with Crippen LogP contribution in [0.3, 0.4) is 0 Å². The number of carbonyl (C=O) groups is 2. The van der Waals surface area contributed by atoms with Crippen LogP contribution in [0.4, 0.5) is 4.39 Å². The van der Waals surface area contributed by atoms with Gasteiger partial charge in [-0.15, -0.1) is 11.3 Å². The number of aromatic nitrogens is 1. The van der Waals surface area contributed by atoms with Crippen LogP contribution in [-0.4, -0.2) is 93.8 Å². The van der Waals surface area contributed by atoms with E-state index in [0.29, 0.717) is 79.8 Å². The lowest BCUT2D eigenvalue weighted by Crippen LogP contribution is -2.53. The van der Waals surface area contributed by atoms with Gasteiger partial charge in [0.1, 0.15) is 10.8 Å². The summed E-state index contributed by atoms with van der Waals surface area (Å²) in [7, 11) is 0. The molecule has 2 aromatic rings. The number of nitrogens with one attached hydrogen (secondary N) is 1. The zero-order valence-corrected chi connectivity index (χ0v) is 25.4. The number of fused-ring (bicyclic) bond motifs is 1. The summed E-state index contributed by atoms with van der Waals surface area (Å²) in [5.41, 5.74) is 1.54. The normalized spacial score (nSPS) is 23.4. The molecule has 4 aliphatic rings. The van der Waals surface area contributed by atoms with Crippen molar-refractivity contribution >= 4 is 57.9 Å². The summed E-state index contributed by atoms with van der Waals surface area (Å²) in [4.78, 5) is 36.2. The van der Waals surface area contributed by atoms with Gasteiger partial charge in [-0.05, 0) is 49.7 Å². The number of piperazine rings is 1. The summed E-state index contributed by atoms with van der Waals surface area (Å²) < 4.78 is 20.1. The molecule has 222 valence electrons. The highest BCUT2D eigenvalue weighted by molar-refractivity contribution is 7.80. The first-order valence-corrected chi connectivity index (χ1v) is 15.6. The third-order valence-corrected chi connectivity index (χ3v) is 10.1. The van der Waals surface area contributed by atoms with Gasteiger partial charge >= 0.3 is 11.9 Å². The molecule has 0 radical (unpaired) electrons. The summed E-state index contributed by atoms with van der Waals surface area (Å²) in [6.45, 7) is 5.51. The highest BCUT2D eigenvalue weighted by atomic mass is 35.5. The summed E-state index contributed by atoms with van der Waals surface area (Å²) in [5, 5.41) is 16.4. The number of halogens is 2. The van der Waals surface area contributed by atoms with E-state index in [1.54, 1.807) is 25.3 Å². The number of thiocarbonyl (C=S) groups is 1. The van der Waals surface area contributed by atoms with Gasteiger partial charge in [0.2, 0.25) is 0 Å². The molecular weight excluding hydrogens is 601 g/mol. The number of carboxylic acid groups (broad SMARTS) is 1. The number of benzene rings is 1. The lowest BCUT2D eigenvalue weighted by Gasteiger charge is -2.39. The number of esters is 1.